The Hall–Kier alpha value is -1.65. The van der Waals surface area contributed by atoms with Crippen molar-refractivity contribution in [1.29, 1.82) is 0 Å². The summed E-state index contributed by atoms with van der Waals surface area (Å²) in [5.41, 5.74) is 2.61. The van der Waals surface area contributed by atoms with Gasteiger partial charge in [0, 0.05) is 18.6 Å². The van der Waals surface area contributed by atoms with E-state index in [0.717, 1.165) is 22.6 Å². The van der Waals surface area contributed by atoms with Crippen LogP contribution >= 0.6 is 23.2 Å². The average Bonchev–Trinajstić information content (AvgIpc) is 2.84. The molecule has 3 rings (SSSR count). The first-order valence-corrected chi connectivity index (χ1v) is 7.10. The van der Waals surface area contributed by atoms with Crippen LogP contribution in [-0.2, 0) is 5.88 Å². The lowest BCUT2D eigenvalue weighted by atomic mass is 10.1. The van der Waals surface area contributed by atoms with Crippen LogP contribution in [-0.4, -0.2) is 19.5 Å². The minimum atomic E-state index is 0.0520. The number of aromatic nitrogens is 4. The lowest BCUT2D eigenvalue weighted by molar-refractivity contribution is 0.626. The molecule has 1 unspecified atom stereocenters. The molecule has 0 aliphatic rings. The molecule has 0 aliphatic carbocycles. The number of rotatable bonds is 3. The number of alkyl halides is 1. The van der Waals surface area contributed by atoms with Gasteiger partial charge in [0.2, 0.25) is 0 Å². The molecule has 1 atom stereocenters. The van der Waals surface area contributed by atoms with E-state index in [2.05, 4.69) is 21.9 Å². The summed E-state index contributed by atoms with van der Waals surface area (Å²) in [5, 5.41) is 0.567. The lowest BCUT2D eigenvalue weighted by Crippen LogP contribution is -2.10. The Kier molecular flexibility index (Phi) is 3.59. The summed E-state index contributed by atoms with van der Waals surface area (Å²) in [4.78, 5) is 13.0. The van der Waals surface area contributed by atoms with Crippen LogP contribution < -0.4 is 0 Å². The molecule has 102 valence electrons. The topological polar surface area (TPSA) is 43.6 Å². The Bertz CT molecular complexity index is 740. The van der Waals surface area contributed by atoms with E-state index < -0.39 is 0 Å². The van der Waals surface area contributed by atoms with Crippen LogP contribution in [0.1, 0.15) is 24.4 Å². The van der Waals surface area contributed by atoms with E-state index >= 15 is 0 Å². The van der Waals surface area contributed by atoms with Gasteiger partial charge in [-0.2, -0.15) is 0 Å². The lowest BCUT2D eigenvalue weighted by Gasteiger charge is -2.16. The van der Waals surface area contributed by atoms with Gasteiger partial charge in [0.25, 0.3) is 0 Å². The number of imidazole rings is 1. The first-order chi connectivity index (χ1) is 9.70. The second-order valence-electron chi connectivity index (χ2n) is 4.49. The molecule has 0 N–H and O–H groups in total. The van der Waals surface area contributed by atoms with E-state index in [4.69, 9.17) is 23.2 Å². The first-order valence-electron chi connectivity index (χ1n) is 6.19. The van der Waals surface area contributed by atoms with Gasteiger partial charge in [-0.05, 0) is 24.6 Å². The van der Waals surface area contributed by atoms with Gasteiger partial charge in [-0.25, -0.2) is 9.97 Å². The second-order valence-corrected chi connectivity index (χ2v) is 5.19. The minimum absolute atomic E-state index is 0.0520. The van der Waals surface area contributed by atoms with Crippen molar-refractivity contribution in [3.63, 3.8) is 0 Å². The van der Waals surface area contributed by atoms with Crippen molar-refractivity contribution in [2.24, 2.45) is 0 Å². The van der Waals surface area contributed by atoms with Crippen molar-refractivity contribution in [1.82, 2.24) is 19.5 Å². The molecular weight excluding hydrogens is 295 g/mol. The fraction of sp³-hybridized carbons (Fsp3) is 0.214. The molecule has 0 aromatic carbocycles. The summed E-state index contributed by atoms with van der Waals surface area (Å²) in [6.07, 6.45) is 5.21. The molecule has 0 radical (unpaired) electrons. The van der Waals surface area contributed by atoms with Gasteiger partial charge in [-0.3, -0.25) is 4.98 Å². The van der Waals surface area contributed by atoms with Crippen LogP contribution in [0.5, 0.6) is 0 Å². The standard InChI is InChI=1S/C14H12Cl2N4/c1-9(10-3-2-4-17-7-10)20-13(6-15)19-12-5-11(16)8-18-14(12)20/h2-5,7-9H,6H2,1H3. The van der Waals surface area contributed by atoms with Gasteiger partial charge < -0.3 is 4.57 Å². The highest BCUT2D eigenvalue weighted by Gasteiger charge is 2.18. The average molecular weight is 307 g/mol. The largest absolute Gasteiger partial charge is 0.304 e. The Morgan fingerprint density at radius 1 is 1.35 bits per heavy atom. The zero-order chi connectivity index (χ0) is 14.1. The monoisotopic (exact) mass is 306 g/mol. The van der Waals surface area contributed by atoms with Gasteiger partial charge in [-0.15, -0.1) is 11.6 Å². The summed E-state index contributed by atoms with van der Waals surface area (Å²) in [5.74, 6) is 1.09. The normalized spacial score (nSPS) is 12.8. The smallest absolute Gasteiger partial charge is 0.160 e. The molecule has 0 aliphatic heterocycles. The number of hydrogen-bond acceptors (Lipinski definition) is 3. The quantitative estimate of drug-likeness (QED) is 0.691. The predicted molar refractivity (Wildman–Crippen MR) is 80.1 cm³/mol. The number of fused-ring (bicyclic) bond motifs is 1. The van der Waals surface area contributed by atoms with Crippen molar-refractivity contribution in [3.8, 4) is 0 Å². The highest BCUT2D eigenvalue weighted by Crippen LogP contribution is 2.26. The molecule has 3 heterocycles. The van der Waals surface area contributed by atoms with E-state index in [-0.39, 0.29) is 6.04 Å². The highest BCUT2D eigenvalue weighted by molar-refractivity contribution is 6.31. The summed E-state index contributed by atoms with van der Waals surface area (Å²) in [6.45, 7) is 2.07. The van der Waals surface area contributed by atoms with E-state index in [1.807, 2.05) is 22.9 Å². The van der Waals surface area contributed by atoms with Gasteiger partial charge in [0.05, 0.1) is 16.9 Å². The number of nitrogens with zero attached hydrogens (tertiary/aromatic N) is 4. The molecule has 3 aromatic heterocycles. The maximum atomic E-state index is 6.02. The van der Waals surface area contributed by atoms with Crippen molar-refractivity contribution < 1.29 is 0 Å². The van der Waals surface area contributed by atoms with Crippen LogP contribution in [0.15, 0.2) is 36.8 Å². The van der Waals surface area contributed by atoms with Crippen molar-refractivity contribution in [2.45, 2.75) is 18.8 Å². The molecule has 0 bridgehead atoms. The maximum Gasteiger partial charge on any atom is 0.160 e. The summed E-state index contributed by atoms with van der Waals surface area (Å²) in [6, 6.07) is 5.79. The Morgan fingerprint density at radius 3 is 2.90 bits per heavy atom. The van der Waals surface area contributed by atoms with Gasteiger partial charge in [0.1, 0.15) is 11.3 Å². The Labute approximate surface area is 126 Å². The highest BCUT2D eigenvalue weighted by atomic mass is 35.5. The number of pyridine rings is 2. The molecule has 0 saturated carbocycles. The molecule has 20 heavy (non-hydrogen) atoms. The molecule has 4 nitrogen and oxygen atoms in total. The van der Waals surface area contributed by atoms with Crippen LogP contribution in [0.4, 0.5) is 0 Å². The Balaban J connectivity index is 2.19. The number of halogens is 2. The van der Waals surface area contributed by atoms with E-state index in [9.17, 15) is 0 Å². The first kappa shape index (κ1) is 13.3. The van der Waals surface area contributed by atoms with Crippen LogP contribution in [0.2, 0.25) is 5.02 Å². The third-order valence-electron chi connectivity index (χ3n) is 3.24. The number of hydrogen-bond donors (Lipinski definition) is 0. The SMILES string of the molecule is CC(c1cccnc1)n1c(CCl)nc2cc(Cl)cnc21. The van der Waals surface area contributed by atoms with Gasteiger partial charge >= 0.3 is 0 Å². The summed E-state index contributed by atoms with van der Waals surface area (Å²) in [7, 11) is 0. The molecular formula is C14H12Cl2N4. The second kappa shape index (κ2) is 5.38. The molecule has 0 spiro atoms. The fourth-order valence-electron chi connectivity index (χ4n) is 2.28. The van der Waals surface area contributed by atoms with E-state index in [0.29, 0.717) is 10.9 Å². The summed E-state index contributed by atoms with van der Waals surface area (Å²) >= 11 is 12.0. The van der Waals surface area contributed by atoms with Gasteiger partial charge in [0.15, 0.2) is 5.65 Å². The minimum Gasteiger partial charge on any atom is -0.304 e. The van der Waals surface area contributed by atoms with E-state index in [1.54, 1.807) is 18.5 Å². The fourth-order valence-corrected chi connectivity index (χ4v) is 2.62. The van der Waals surface area contributed by atoms with Gasteiger partial charge in [-0.1, -0.05) is 17.7 Å². The van der Waals surface area contributed by atoms with Crippen molar-refractivity contribution in [2.75, 3.05) is 0 Å². The van der Waals surface area contributed by atoms with Crippen LogP contribution in [0.3, 0.4) is 0 Å². The molecule has 0 saturated heterocycles. The predicted octanol–water partition coefficient (Wildman–Crippen LogP) is 3.83. The zero-order valence-corrected chi connectivity index (χ0v) is 12.3. The third kappa shape index (κ3) is 2.25. The molecule has 0 fully saturated rings. The van der Waals surface area contributed by atoms with Crippen molar-refractivity contribution in [3.05, 3.63) is 53.2 Å². The maximum absolute atomic E-state index is 6.02. The van der Waals surface area contributed by atoms with Crippen LogP contribution in [0.25, 0.3) is 11.2 Å². The molecule has 3 aromatic rings. The Morgan fingerprint density at radius 2 is 2.20 bits per heavy atom. The van der Waals surface area contributed by atoms with Crippen molar-refractivity contribution >= 4 is 34.4 Å². The molecule has 0 amide bonds. The third-order valence-corrected chi connectivity index (χ3v) is 3.69. The van der Waals surface area contributed by atoms with Crippen LogP contribution in [0, 0.1) is 0 Å². The molecule has 6 heteroatoms. The zero-order valence-electron chi connectivity index (χ0n) is 10.8. The van der Waals surface area contributed by atoms with E-state index in [1.165, 1.54) is 0 Å². The summed E-state index contributed by atoms with van der Waals surface area (Å²) < 4.78 is 2.02.